The molecule has 2 aromatic heterocycles. The van der Waals surface area contributed by atoms with E-state index in [1.807, 2.05) is 12.1 Å². The zero-order valence-electron chi connectivity index (χ0n) is 12.2. The van der Waals surface area contributed by atoms with E-state index in [2.05, 4.69) is 16.0 Å². The quantitative estimate of drug-likeness (QED) is 0.713. The van der Waals surface area contributed by atoms with Gasteiger partial charge in [0.25, 0.3) is 5.56 Å². The fourth-order valence-electron chi connectivity index (χ4n) is 2.56. The first-order valence-electron chi connectivity index (χ1n) is 6.82. The van der Waals surface area contributed by atoms with Crippen LogP contribution >= 0.6 is 0 Å². The second-order valence-electron chi connectivity index (χ2n) is 5.02. The van der Waals surface area contributed by atoms with Gasteiger partial charge in [0.05, 0.1) is 22.2 Å². The Bertz CT molecular complexity index is 1070. The fraction of sp³-hybridized carbons (Fsp3) is 0.125. The van der Waals surface area contributed by atoms with E-state index >= 15 is 0 Å². The van der Waals surface area contributed by atoms with Crippen LogP contribution in [-0.4, -0.2) is 33.2 Å². The van der Waals surface area contributed by atoms with Crippen molar-refractivity contribution in [2.45, 2.75) is 6.92 Å². The molecule has 0 aliphatic carbocycles. The van der Waals surface area contributed by atoms with Gasteiger partial charge in [0.1, 0.15) is 18.3 Å². The number of aliphatic carboxylic acids is 1. The Morgan fingerprint density at radius 1 is 1.48 bits per heavy atom. The van der Waals surface area contributed by atoms with Crippen LogP contribution in [-0.2, 0) is 4.79 Å². The number of fused-ring (bicyclic) bond motifs is 3. The predicted molar refractivity (Wildman–Crippen MR) is 85.1 cm³/mol. The van der Waals surface area contributed by atoms with Crippen molar-refractivity contribution in [1.29, 1.82) is 5.26 Å². The molecule has 114 valence electrons. The summed E-state index contributed by atoms with van der Waals surface area (Å²) < 4.78 is 1.42. The number of carboxylic acids is 1. The molecule has 0 saturated heterocycles. The lowest BCUT2D eigenvalue weighted by atomic mass is 10.1. The van der Waals surface area contributed by atoms with Crippen LogP contribution in [0.1, 0.15) is 16.7 Å². The Balaban J connectivity index is 2.40. The predicted octanol–water partition coefficient (Wildman–Crippen LogP) is 1.46. The maximum Gasteiger partial charge on any atom is 0.325 e. The standard InChI is InChI=1S/C16H12N4O3/c1-9-10(6-17)15-19-12-4-2-3-5-13(12)20(15)16(23)11(9)7-18-8-14(21)22/h2-5,7,19H,8H2,1H3,(H,21,22). The van der Waals surface area contributed by atoms with Crippen molar-refractivity contribution in [3.63, 3.8) is 0 Å². The average molecular weight is 308 g/mol. The highest BCUT2D eigenvalue weighted by Gasteiger charge is 2.17. The van der Waals surface area contributed by atoms with Crippen LogP contribution in [0.2, 0.25) is 0 Å². The zero-order valence-corrected chi connectivity index (χ0v) is 12.2. The van der Waals surface area contributed by atoms with E-state index in [0.717, 1.165) is 5.52 Å². The number of nitriles is 1. The highest BCUT2D eigenvalue weighted by atomic mass is 16.4. The molecule has 3 rings (SSSR count). The lowest BCUT2D eigenvalue weighted by Gasteiger charge is -2.05. The summed E-state index contributed by atoms with van der Waals surface area (Å²) in [4.78, 5) is 30.2. The van der Waals surface area contributed by atoms with Gasteiger partial charge in [0.15, 0.2) is 0 Å². The summed E-state index contributed by atoms with van der Waals surface area (Å²) in [5.41, 5.74) is 2.48. The molecule has 3 aromatic rings. The average Bonchev–Trinajstić information content (AvgIpc) is 2.90. The Morgan fingerprint density at radius 3 is 2.91 bits per heavy atom. The first kappa shape index (κ1) is 14.5. The van der Waals surface area contributed by atoms with Gasteiger partial charge in [-0.25, -0.2) is 0 Å². The van der Waals surface area contributed by atoms with Crippen LogP contribution in [0.15, 0.2) is 34.1 Å². The van der Waals surface area contributed by atoms with Crippen molar-refractivity contribution >= 4 is 28.9 Å². The minimum absolute atomic E-state index is 0.213. The number of carboxylic acid groups (broad SMARTS) is 1. The maximum absolute atomic E-state index is 12.8. The highest BCUT2D eigenvalue weighted by molar-refractivity contribution is 5.89. The third-order valence-corrected chi connectivity index (χ3v) is 3.63. The summed E-state index contributed by atoms with van der Waals surface area (Å²) in [6.45, 7) is 1.21. The number of carbonyl (C=O) groups is 1. The Labute approximate surface area is 130 Å². The number of nitrogens with one attached hydrogen (secondary N) is 1. The van der Waals surface area contributed by atoms with E-state index in [-0.39, 0.29) is 11.1 Å². The van der Waals surface area contributed by atoms with E-state index in [4.69, 9.17) is 5.11 Å². The molecule has 0 unspecified atom stereocenters. The minimum atomic E-state index is -1.09. The molecule has 0 saturated carbocycles. The first-order chi connectivity index (χ1) is 11.0. The maximum atomic E-state index is 12.8. The largest absolute Gasteiger partial charge is 0.480 e. The van der Waals surface area contributed by atoms with Crippen molar-refractivity contribution in [3.05, 3.63) is 51.3 Å². The summed E-state index contributed by atoms with van der Waals surface area (Å²) in [6, 6.07) is 9.31. The molecule has 0 aliphatic heterocycles. The van der Waals surface area contributed by atoms with Gasteiger partial charge in [0.2, 0.25) is 0 Å². The third-order valence-electron chi connectivity index (χ3n) is 3.63. The Morgan fingerprint density at radius 2 is 2.22 bits per heavy atom. The molecule has 0 aliphatic rings. The number of imidazole rings is 1. The number of aromatic nitrogens is 2. The first-order valence-corrected chi connectivity index (χ1v) is 6.82. The molecule has 23 heavy (non-hydrogen) atoms. The number of para-hydroxylation sites is 2. The lowest BCUT2D eigenvalue weighted by molar-refractivity contribution is -0.135. The van der Waals surface area contributed by atoms with Gasteiger partial charge in [-0.1, -0.05) is 12.1 Å². The molecular formula is C16H12N4O3. The van der Waals surface area contributed by atoms with Gasteiger partial charge in [-0.15, -0.1) is 0 Å². The van der Waals surface area contributed by atoms with Crippen LogP contribution in [0.4, 0.5) is 0 Å². The van der Waals surface area contributed by atoms with E-state index in [1.165, 1.54) is 10.6 Å². The van der Waals surface area contributed by atoms with Crippen LogP contribution in [0.3, 0.4) is 0 Å². The van der Waals surface area contributed by atoms with Crippen LogP contribution in [0.5, 0.6) is 0 Å². The molecule has 1 aromatic carbocycles. The molecule has 2 heterocycles. The molecular weight excluding hydrogens is 296 g/mol. The SMILES string of the molecule is Cc1c(C=NCC(=O)O)c(=O)n2c([nH]c3ccccc32)c1C#N. The van der Waals surface area contributed by atoms with E-state index in [0.29, 0.717) is 22.3 Å². The van der Waals surface area contributed by atoms with Crippen molar-refractivity contribution in [2.24, 2.45) is 4.99 Å². The van der Waals surface area contributed by atoms with Gasteiger partial charge in [0, 0.05) is 6.21 Å². The summed E-state index contributed by atoms with van der Waals surface area (Å²) in [5.74, 6) is -1.09. The summed E-state index contributed by atoms with van der Waals surface area (Å²) in [5, 5.41) is 18.1. The van der Waals surface area contributed by atoms with Crippen LogP contribution in [0, 0.1) is 18.3 Å². The van der Waals surface area contributed by atoms with Gasteiger partial charge < -0.3 is 10.1 Å². The van der Waals surface area contributed by atoms with Crippen molar-refractivity contribution in [2.75, 3.05) is 6.54 Å². The monoisotopic (exact) mass is 308 g/mol. The van der Waals surface area contributed by atoms with Crippen molar-refractivity contribution in [3.8, 4) is 6.07 Å². The molecule has 0 amide bonds. The zero-order chi connectivity index (χ0) is 16.6. The van der Waals surface area contributed by atoms with E-state index in [9.17, 15) is 14.9 Å². The Hall–Kier alpha value is -3.40. The lowest BCUT2D eigenvalue weighted by Crippen LogP contribution is -2.21. The number of rotatable bonds is 3. The molecule has 2 N–H and O–H groups in total. The van der Waals surface area contributed by atoms with Crippen molar-refractivity contribution in [1.82, 2.24) is 9.38 Å². The Kier molecular flexibility index (Phi) is 3.43. The summed E-state index contributed by atoms with van der Waals surface area (Å²) in [6.07, 6.45) is 1.22. The van der Waals surface area contributed by atoms with Gasteiger partial charge >= 0.3 is 5.97 Å². The number of aliphatic imine (C=N–C) groups is 1. The summed E-state index contributed by atoms with van der Waals surface area (Å²) in [7, 11) is 0. The second-order valence-corrected chi connectivity index (χ2v) is 5.02. The number of H-pyrrole nitrogens is 1. The number of pyridine rings is 1. The molecule has 7 nitrogen and oxygen atoms in total. The van der Waals surface area contributed by atoms with Gasteiger partial charge in [-0.05, 0) is 24.6 Å². The van der Waals surface area contributed by atoms with Crippen molar-refractivity contribution < 1.29 is 9.90 Å². The third kappa shape index (κ3) is 2.26. The summed E-state index contributed by atoms with van der Waals surface area (Å²) >= 11 is 0. The highest BCUT2D eigenvalue weighted by Crippen LogP contribution is 2.20. The van der Waals surface area contributed by atoms with Crippen LogP contribution < -0.4 is 5.56 Å². The molecule has 0 radical (unpaired) electrons. The normalized spacial score (nSPS) is 11.3. The van der Waals surface area contributed by atoms with Gasteiger partial charge in [-0.2, -0.15) is 5.26 Å². The number of benzene rings is 1. The smallest absolute Gasteiger partial charge is 0.325 e. The number of aromatic amines is 1. The second kappa shape index (κ2) is 5.42. The van der Waals surface area contributed by atoms with Crippen LogP contribution in [0.25, 0.3) is 16.7 Å². The number of hydrogen-bond acceptors (Lipinski definition) is 4. The molecule has 0 fully saturated rings. The molecule has 7 heteroatoms. The topological polar surface area (TPSA) is 111 Å². The van der Waals surface area contributed by atoms with E-state index < -0.39 is 12.5 Å². The number of nitrogens with zero attached hydrogens (tertiary/aromatic N) is 3. The fourth-order valence-corrected chi connectivity index (χ4v) is 2.56. The molecule has 0 spiro atoms. The molecule has 0 atom stereocenters. The van der Waals surface area contributed by atoms with Gasteiger partial charge in [-0.3, -0.25) is 19.0 Å². The number of hydrogen-bond donors (Lipinski definition) is 2. The molecule has 0 bridgehead atoms. The minimum Gasteiger partial charge on any atom is -0.480 e. The van der Waals surface area contributed by atoms with E-state index in [1.54, 1.807) is 19.1 Å².